The lowest BCUT2D eigenvalue weighted by molar-refractivity contribution is -0.114. The minimum atomic E-state index is -0.869. The van der Waals surface area contributed by atoms with Crippen LogP contribution in [0.2, 0.25) is 0 Å². The molecule has 0 radical (unpaired) electrons. The number of hydrogen-bond donors (Lipinski definition) is 3. The fraction of sp³-hybridized carbons (Fsp3) is 0.480. The second kappa shape index (κ2) is 11.2. The van der Waals surface area contributed by atoms with Gasteiger partial charge in [-0.25, -0.2) is 9.59 Å². The Bertz CT molecular complexity index is 1030. The van der Waals surface area contributed by atoms with Gasteiger partial charge in [0.2, 0.25) is 5.96 Å². The van der Waals surface area contributed by atoms with Crippen molar-refractivity contribution in [2.24, 2.45) is 10.9 Å². The Morgan fingerprint density at radius 3 is 2.14 bits per heavy atom. The molecule has 10 nitrogen and oxygen atoms in total. The van der Waals surface area contributed by atoms with E-state index in [2.05, 4.69) is 20.9 Å². The van der Waals surface area contributed by atoms with Crippen molar-refractivity contribution in [2.75, 3.05) is 5.32 Å². The molecule has 1 aromatic rings. The molecule has 1 aliphatic carbocycles. The lowest BCUT2D eigenvalue weighted by Crippen LogP contribution is -2.44. The van der Waals surface area contributed by atoms with Gasteiger partial charge < -0.3 is 24.9 Å². The van der Waals surface area contributed by atoms with E-state index in [-0.39, 0.29) is 24.3 Å². The summed E-state index contributed by atoms with van der Waals surface area (Å²) < 4.78 is 10.4. The predicted octanol–water partition coefficient (Wildman–Crippen LogP) is 4.07. The largest absolute Gasteiger partial charge is 0.444 e. The van der Waals surface area contributed by atoms with Crippen LogP contribution < -0.4 is 16.0 Å². The third-order valence-electron chi connectivity index (χ3n) is 4.78. The van der Waals surface area contributed by atoms with Crippen molar-refractivity contribution in [3.05, 3.63) is 41.0 Å². The highest BCUT2D eigenvalue weighted by Crippen LogP contribution is 2.33. The summed E-state index contributed by atoms with van der Waals surface area (Å²) in [4.78, 5) is 51.3. The first-order valence-corrected chi connectivity index (χ1v) is 11.3. The highest BCUT2D eigenvalue weighted by atomic mass is 16.6. The zero-order valence-electron chi connectivity index (χ0n) is 21.3. The molecule has 0 fully saturated rings. The van der Waals surface area contributed by atoms with Crippen LogP contribution in [-0.4, -0.2) is 41.5 Å². The lowest BCUT2D eigenvalue weighted by Gasteiger charge is -2.26. The number of benzene rings is 1. The number of rotatable bonds is 5. The molecule has 2 rings (SSSR count). The number of ether oxygens (including phenoxy) is 2. The van der Waals surface area contributed by atoms with Gasteiger partial charge in [-0.2, -0.15) is 0 Å². The summed E-state index contributed by atoms with van der Waals surface area (Å²) in [7, 11) is 0. The monoisotopic (exact) mass is 486 g/mol. The lowest BCUT2D eigenvalue weighted by atomic mass is 9.79. The molecule has 3 amide bonds. The van der Waals surface area contributed by atoms with Gasteiger partial charge in [0, 0.05) is 23.7 Å². The minimum absolute atomic E-state index is 0.122. The van der Waals surface area contributed by atoms with Crippen LogP contribution in [0.25, 0.3) is 0 Å². The Balaban J connectivity index is 2.03. The summed E-state index contributed by atoms with van der Waals surface area (Å²) in [5, 5.41) is 8.13. The van der Waals surface area contributed by atoms with E-state index in [1.807, 2.05) is 0 Å². The van der Waals surface area contributed by atoms with Gasteiger partial charge in [0.05, 0.1) is 0 Å². The average Bonchev–Trinajstić information content (AvgIpc) is 2.69. The molecule has 3 N–H and O–H groups in total. The van der Waals surface area contributed by atoms with Gasteiger partial charge >= 0.3 is 12.2 Å². The number of guanidine groups is 1. The molecule has 0 saturated carbocycles. The van der Waals surface area contributed by atoms with Crippen LogP contribution in [0.3, 0.4) is 0 Å². The van der Waals surface area contributed by atoms with Crippen molar-refractivity contribution >= 4 is 36.0 Å². The maximum absolute atomic E-state index is 12.4. The van der Waals surface area contributed by atoms with Crippen molar-refractivity contribution < 1.29 is 28.7 Å². The average molecular weight is 487 g/mol. The number of amides is 3. The van der Waals surface area contributed by atoms with Gasteiger partial charge in [0.1, 0.15) is 17.5 Å². The number of alkyl carbamates (subject to hydrolysis) is 1. The molecule has 0 aromatic heterocycles. The first-order valence-electron chi connectivity index (χ1n) is 11.3. The topological polar surface area (TPSA) is 135 Å². The van der Waals surface area contributed by atoms with E-state index in [0.29, 0.717) is 17.7 Å². The van der Waals surface area contributed by atoms with E-state index >= 15 is 0 Å². The van der Waals surface area contributed by atoms with E-state index in [9.17, 15) is 19.2 Å². The third-order valence-corrected chi connectivity index (χ3v) is 4.78. The SMILES string of the molecule is CC1=C(C(=O)Nc2ccc(CN/C(=N/C(=O)OC(C)(C)C)NC(=O)OC(C)(C)C)cc2)CC1C=O. The van der Waals surface area contributed by atoms with Gasteiger partial charge in [0.25, 0.3) is 5.91 Å². The number of carbonyl (C=O) groups excluding carboxylic acids is 4. The molecule has 0 saturated heterocycles. The van der Waals surface area contributed by atoms with E-state index in [0.717, 1.165) is 17.4 Å². The molecule has 1 atom stereocenters. The molecule has 1 unspecified atom stereocenters. The maximum atomic E-state index is 12.4. The van der Waals surface area contributed by atoms with Crippen molar-refractivity contribution in [3.63, 3.8) is 0 Å². The number of carbonyl (C=O) groups is 4. The summed E-state index contributed by atoms with van der Waals surface area (Å²) >= 11 is 0. The fourth-order valence-electron chi connectivity index (χ4n) is 3.03. The Kier molecular flexibility index (Phi) is 8.78. The highest BCUT2D eigenvalue weighted by Gasteiger charge is 2.30. The predicted molar refractivity (Wildman–Crippen MR) is 132 cm³/mol. The van der Waals surface area contributed by atoms with Crippen molar-refractivity contribution in [1.82, 2.24) is 10.6 Å². The molecule has 0 spiro atoms. The molecule has 35 heavy (non-hydrogen) atoms. The quantitative estimate of drug-likeness (QED) is 0.324. The molecule has 0 aliphatic heterocycles. The molecule has 0 bridgehead atoms. The van der Waals surface area contributed by atoms with Crippen LogP contribution in [-0.2, 0) is 25.6 Å². The van der Waals surface area contributed by atoms with Gasteiger partial charge in [-0.3, -0.25) is 10.1 Å². The van der Waals surface area contributed by atoms with Gasteiger partial charge in [0.15, 0.2) is 0 Å². The maximum Gasteiger partial charge on any atom is 0.437 e. The van der Waals surface area contributed by atoms with Gasteiger partial charge in [-0.1, -0.05) is 17.7 Å². The summed E-state index contributed by atoms with van der Waals surface area (Å²) in [6.07, 6.45) is -0.339. The Morgan fingerprint density at radius 2 is 1.63 bits per heavy atom. The van der Waals surface area contributed by atoms with Crippen molar-refractivity contribution in [3.8, 4) is 0 Å². The Hall–Kier alpha value is -3.69. The molecule has 1 aromatic carbocycles. The summed E-state index contributed by atoms with van der Waals surface area (Å²) in [6, 6.07) is 7.01. The zero-order chi connectivity index (χ0) is 26.4. The van der Waals surface area contributed by atoms with E-state index < -0.39 is 23.4 Å². The number of hydrogen-bond acceptors (Lipinski definition) is 6. The van der Waals surface area contributed by atoms with Crippen molar-refractivity contribution in [2.45, 2.75) is 72.6 Å². The molecule has 10 heteroatoms. The minimum Gasteiger partial charge on any atom is -0.444 e. The van der Waals surface area contributed by atoms with Crippen molar-refractivity contribution in [1.29, 1.82) is 0 Å². The Morgan fingerprint density at radius 1 is 1.03 bits per heavy atom. The second-order valence-electron chi connectivity index (χ2n) is 10.2. The molecule has 1 aliphatic rings. The molecule has 0 heterocycles. The van der Waals surface area contributed by atoms with Crippen LogP contribution >= 0.6 is 0 Å². The highest BCUT2D eigenvalue weighted by molar-refractivity contribution is 6.06. The Labute approximate surface area is 205 Å². The van der Waals surface area contributed by atoms with Gasteiger partial charge in [-0.15, -0.1) is 4.99 Å². The number of nitrogens with one attached hydrogen (secondary N) is 3. The number of aliphatic imine (C=N–C) groups is 1. The molecular weight excluding hydrogens is 452 g/mol. The van der Waals surface area contributed by atoms with Crippen LogP contribution in [0.15, 0.2) is 40.4 Å². The number of aldehydes is 1. The third kappa shape index (κ3) is 9.23. The second-order valence-corrected chi connectivity index (χ2v) is 10.2. The summed E-state index contributed by atoms with van der Waals surface area (Å²) in [6.45, 7) is 12.3. The normalized spacial score (nSPS) is 16.1. The zero-order valence-corrected chi connectivity index (χ0v) is 21.3. The van der Waals surface area contributed by atoms with E-state index in [1.165, 1.54) is 0 Å². The number of anilines is 1. The van der Waals surface area contributed by atoms with E-state index in [4.69, 9.17) is 9.47 Å². The van der Waals surface area contributed by atoms with Crippen LogP contribution in [0.4, 0.5) is 15.3 Å². The van der Waals surface area contributed by atoms with Crippen LogP contribution in [0.5, 0.6) is 0 Å². The summed E-state index contributed by atoms with van der Waals surface area (Å²) in [5.74, 6) is -0.516. The smallest absolute Gasteiger partial charge is 0.437 e. The fourth-order valence-corrected chi connectivity index (χ4v) is 3.03. The van der Waals surface area contributed by atoms with Gasteiger partial charge in [-0.05, 0) is 72.6 Å². The summed E-state index contributed by atoms with van der Waals surface area (Å²) in [5.41, 5.74) is 1.34. The first kappa shape index (κ1) is 27.6. The van der Waals surface area contributed by atoms with E-state index in [1.54, 1.807) is 72.7 Å². The van der Waals surface area contributed by atoms with Crippen LogP contribution in [0, 0.1) is 5.92 Å². The molecular formula is C25H34N4O6. The number of nitrogens with zero attached hydrogens (tertiary/aromatic N) is 1. The standard InChI is InChI=1S/C25H34N4O6/c1-15-17(14-30)12-19(15)20(31)27-18-10-8-16(9-11-18)13-26-21(28-22(32)34-24(2,3)4)29-23(33)35-25(5,6)7/h8-11,14,17H,12-13H2,1-7H3,(H,27,31)(H2,26,28,29,32,33). The van der Waals surface area contributed by atoms with Crippen LogP contribution in [0.1, 0.15) is 60.5 Å². The number of allylic oxidation sites excluding steroid dienone is 1. The molecule has 190 valence electrons. The first-order chi connectivity index (χ1) is 16.2.